The van der Waals surface area contributed by atoms with Gasteiger partial charge < -0.3 is 16.2 Å². The summed E-state index contributed by atoms with van der Waals surface area (Å²) in [5.41, 5.74) is 6.56. The molecule has 1 rings (SSSR count). The van der Waals surface area contributed by atoms with Gasteiger partial charge in [0, 0.05) is 30.7 Å². The van der Waals surface area contributed by atoms with Crippen LogP contribution in [-0.4, -0.2) is 29.3 Å². The lowest BCUT2D eigenvalue weighted by atomic mass is 10.2. The van der Waals surface area contributed by atoms with Gasteiger partial charge in [0.15, 0.2) is 0 Å². The molecule has 1 atom stereocenters. The number of hydrogen-bond donors (Lipinski definition) is 3. The molecule has 72 valence electrons. The topological polar surface area (TPSA) is 71.2 Å². The Labute approximate surface area is 77.8 Å². The van der Waals surface area contributed by atoms with Crippen LogP contribution in [0.4, 0.5) is 5.69 Å². The molecular formula is C9H15N3O. The molecule has 4 heteroatoms. The Bertz CT molecular complexity index is 228. The van der Waals surface area contributed by atoms with Crippen LogP contribution in [0.2, 0.25) is 0 Å². The predicted molar refractivity (Wildman–Crippen MR) is 52.4 cm³/mol. The van der Waals surface area contributed by atoms with Crippen molar-refractivity contribution in [3.63, 3.8) is 0 Å². The lowest BCUT2D eigenvalue weighted by Crippen LogP contribution is -2.26. The number of pyridine rings is 1. The molecule has 0 radical (unpaired) electrons. The number of aliphatic hydroxyl groups excluding tert-OH is 1. The summed E-state index contributed by atoms with van der Waals surface area (Å²) in [6.45, 7) is 0.809. The largest absolute Gasteiger partial charge is 0.395 e. The van der Waals surface area contributed by atoms with Crippen molar-refractivity contribution in [1.29, 1.82) is 0 Å². The van der Waals surface area contributed by atoms with Gasteiger partial charge in [0.1, 0.15) is 0 Å². The molecule has 0 saturated heterocycles. The third-order valence-corrected chi connectivity index (χ3v) is 1.76. The van der Waals surface area contributed by atoms with Crippen LogP contribution in [0.1, 0.15) is 6.42 Å². The molecule has 0 fully saturated rings. The van der Waals surface area contributed by atoms with Crippen molar-refractivity contribution in [2.45, 2.75) is 12.5 Å². The summed E-state index contributed by atoms with van der Waals surface area (Å²) in [6.07, 6.45) is 4.22. The minimum Gasteiger partial charge on any atom is -0.395 e. The van der Waals surface area contributed by atoms with E-state index in [9.17, 15) is 0 Å². The molecule has 0 aliphatic carbocycles. The molecule has 0 unspecified atom stereocenters. The van der Waals surface area contributed by atoms with Crippen LogP contribution in [0.3, 0.4) is 0 Å². The SMILES string of the molecule is N[C@H](CO)CCNc1ccncc1. The molecule has 0 aliphatic rings. The summed E-state index contributed by atoms with van der Waals surface area (Å²) < 4.78 is 0. The molecule has 4 N–H and O–H groups in total. The number of nitrogens with two attached hydrogens (primary N) is 1. The molecule has 1 aromatic rings. The van der Waals surface area contributed by atoms with Crippen LogP contribution in [0.25, 0.3) is 0 Å². The minimum absolute atomic E-state index is 0.0397. The van der Waals surface area contributed by atoms with Crippen LogP contribution in [-0.2, 0) is 0 Å². The number of aromatic nitrogens is 1. The first-order chi connectivity index (χ1) is 6.33. The molecular weight excluding hydrogens is 166 g/mol. The Morgan fingerprint density at radius 3 is 2.77 bits per heavy atom. The van der Waals surface area contributed by atoms with E-state index in [1.165, 1.54) is 0 Å². The van der Waals surface area contributed by atoms with E-state index in [2.05, 4.69) is 10.3 Å². The van der Waals surface area contributed by atoms with Crippen molar-refractivity contribution < 1.29 is 5.11 Å². The van der Waals surface area contributed by atoms with Crippen molar-refractivity contribution >= 4 is 5.69 Å². The second-order valence-electron chi connectivity index (χ2n) is 2.89. The number of nitrogens with one attached hydrogen (secondary N) is 1. The normalized spacial score (nSPS) is 12.5. The van der Waals surface area contributed by atoms with Gasteiger partial charge in [-0.25, -0.2) is 0 Å². The fourth-order valence-electron chi connectivity index (χ4n) is 0.963. The maximum Gasteiger partial charge on any atom is 0.0583 e. The fourth-order valence-corrected chi connectivity index (χ4v) is 0.963. The molecule has 1 heterocycles. The van der Waals surface area contributed by atoms with E-state index in [1.807, 2.05) is 12.1 Å². The number of anilines is 1. The molecule has 0 aromatic carbocycles. The van der Waals surface area contributed by atoms with Crippen LogP contribution in [0.15, 0.2) is 24.5 Å². The first-order valence-corrected chi connectivity index (χ1v) is 4.33. The Kier molecular flexibility index (Phi) is 4.21. The maximum absolute atomic E-state index is 8.67. The lowest BCUT2D eigenvalue weighted by molar-refractivity contribution is 0.262. The van der Waals surface area contributed by atoms with Crippen molar-refractivity contribution in [2.24, 2.45) is 5.73 Å². The molecule has 13 heavy (non-hydrogen) atoms. The van der Waals surface area contributed by atoms with Crippen molar-refractivity contribution in [2.75, 3.05) is 18.5 Å². The third-order valence-electron chi connectivity index (χ3n) is 1.76. The van der Waals surface area contributed by atoms with E-state index in [0.717, 1.165) is 18.7 Å². The monoisotopic (exact) mass is 181 g/mol. The number of aliphatic hydroxyl groups is 1. The van der Waals surface area contributed by atoms with E-state index in [4.69, 9.17) is 10.8 Å². The van der Waals surface area contributed by atoms with Gasteiger partial charge >= 0.3 is 0 Å². The van der Waals surface area contributed by atoms with Crippen molar-refractivity contribution in [3.8, 4) is 0 Å². The molecule has 0 aliphatic heterocycles. The lowest BCUT2D eigenvalue weighted by Gasteiger charge is -2.09. The van der Waals surface area contributed by atoms with Crippen LogP contribution in [0, 0.1) is 0 Å². The highest BCUT2D eigenvalue weighted by molar-refractivity contribution is 5.40. The van der Waals surface area contributed by atoms with Crippen LogP contribution >= 0.6 is 0 Å². The first-order valence-electron chi connectivity index (χ1n) is 4.33. The van der Waals surface area contributed by atoms with Gasteiger partial charge in [-0.3, -0.25) is 4.98 Å². The predicted octanol–water partition coefficient (Wildman–Crippen LogP) is 0.203. The standard InChI is InChI=1S/C9H15N3O/c10-8(7-13)1-6-12-9-2-4-11-5-3-9/h2-5,8,13H,1,6-7,10H2,(H,11,12)/t8-/m0/s1. The maximum atomic E-state index is 8.67. The van der Waals surface area contributed by atoms with Gasteiger partial charge in [-0.15, -0.1) is 0 Å². The van der Waals surface area contributed by atoms with Crippen LogP contribution in [0.5, 0.6) is 0 Å². The van der Waals surface area contributed by atoms with E-state index < -0.39 is 0 Å². The first kappa shape index (κ1) is 9.95. The highest BCUT2D eigenvalue weighted by atomic mass is 16.3. The summed E-state index contributed by atoms with van der Waals surface area (Å²) in [7, 11) is 0. The van der Waals surface area contributed by atoms with Crippen molar-refractivity contribution in [1.82, 2.24) is 4.98 Å². The second-order valence-corrected chi connectivity index (χ2v) is 2.89. The number of nitrogens with zero attached hydrogens (tertiary/aromatic N) is 1. The molecule has 0 saturated carbocycles. The van der Waals surface area contributed by atoms with Crippen molar-refractivity contribution in [3.05, 3.63) is 24.5 Å². The summed E-state index contributed by atoms with van der Waals surface area (Å²) in [6, 6.07) is 3.66. The minimum atomic E-state index is -0.130. The summed E-state index contributed by atoms with van der Waals surface area (Å²) in [5.74, 6) is 0. The van der Waals surface area contributed by atoms with E-state index in [-0.39, 0.29) is 12.6 Å². The number of rotatable bonds is 5. The van der Waals surface area contributed by atoms with E-state index in [0.29, 0.717) is 0 Å². The van der Waals surface area contributed by atoms with E-state index >= 15 is 0 Å². The van der Waals surface area contributed by atoms with E-state index in [1.54, 1.807) is 12.4 Å². The third kappa shape index (κ3) is 3.87. The molecule has 4 nitrogen and oxygen atoms in total. The summed E-state index contributed by atoms with van der Waals surface area (Å²) in [4.78, 5) is 3.90. The van der Waals surface area contributed by atoms with Gasteiger partial charge in [0.05, 0.1) is 6.61 Å². The van der Waals surface area contributed by atoms with Gasteiger partial charge in [-0.05, 0) is 18.6 Å². The number of hydrogen-bond acceptors (Lipinski definition) is 4. The summed E-state index contributed by atoms with van der Waals surface area (Å²) >= 11 is 0. The highest BCUT2D eigenvalue weighted by Gasteiger charge is 1.98. The molecule has 0 spiro atoms. The Hall–Kier alpha value is -1.13. The zero-order valence-electron chi connectivity index (χ0n) is 7.48. The average molecular weight is 181 g/mol. The Balaban J connectivity index is 2.20. The fraction of sp³-hybridized carbons (Fsp3) is 0.444. The molecule has 0 amide bonds. The van der Waals surface area contributed by atoms with Gasteiger partial charge in [0.25, 0.3) is 0 Å². The van der Waals surface area contributed by atoms with Crippen LogP contribution < -0.4 is 11.1 Å². The quantitative estimate of drug-likeness (QED) is 0.607. The summed E-state index contributed by atoms with van der Waals surface area (Å²) in [5, 5.41) is 11.8. The van der Waals surface area contributed by atoms with Gasteiger partial charge in [0.2, 0.25) is 0 Å². The Morgan fingerprint density at radius 2 is 2.15 bits per heavy atom. The van der Waals surface area contributed by atoms with Gasteiger partial charge in [-0.1, -0.05) is 0 Å². The molecule has 1 aromatic heterocycles. The average Bonchev–Trinajstić information content (AvgIpc) is 2.19. The highest BCUT2D eigenvalue weighted by Crippen LogP contribution is 2.02. The zero-order chi connectivity index (χ0) is 9.52. The molecule has 0 bridgehead atoms. The smallest absolute Gasteiger partial charge is 0.0583 e. The zero-order valence-corrected chi connectivity index (χ0v) is 7.48. The second kappa shape index (κ2) is 5.50. The van der Waals surface area contributed by atoms with Gasteiger partial charge in [-0.2, -0.15) is 0 Å². The Morgan fingerprint density at radius 1 is 1.46 bits per heavy atom.